The molecule has 27 heavy (non-hydrogen) atoms. The number of aromatic nitrogens is 4. The van der Waals surface area contributed by atoms with Gasteiger partial charge >= 0.3 is 0 Å². The number of hydrogen-bond donors (Lipinski definition) is 0. The van der Waals surface area contributed by atoms with Crippen LogP contribution in [0.25, 0.3) is 22.6 Å². The van der Waals surface area contributed by atoms with Crippen molar-refractivity contribution in [3.05, 3.63) is 54.0 Å². The molecule has 0 radical (unpaired) electrons. The summed E-state index contributed by atoms with van der Waals surface area (Å²) < 4.78 is 7.42. The Hall–Kier alpha value is -2.57. The maximum Gasteiger partial charge on any atom is 0.159 e. The Kier molecular flexibility index (Phi) is 5.27. The number of morpholine rings is 1. The van der Waals surface area contributed by atoms with Gasteiger partial charge in [0.2, 0.25) is 0 Å². The van der Waals surface area contributed by atoms with Crippen LogP contribution in [0.2, 0.25) is 0 Å². The summed E-state index contributed by atoms with van der Waals surface area (Å²) in [6.45, 7) is 9.56. The zero-order valence-corrected chi connectivity index (χ0v) is 15.9. The van der Waals surface area contributed by atoms with Crippen LogP contribution in [0, 0.1) is 13.8 Å². The van der Waals surface area contributed by atoms with Crippen molar-refractivity contribution < 1.29 is 4.74 Å². The lowest BCUT2D eigenvalue weighted by molar-refractivity contribution is 0.0360. The molecule has 1 aliphatic rings. The second-order valence-electron chi connectivity index (χ2n) is 6.97. The Morgan fingerprint density at radius 2 is 1.67 bits per heavy atom. The third kappa shape index (κ3) is 4.40. The molecule has 140 valence electrons. The van der Waals surface area contributed by atoms with Crippen LogP contribution >= 0.6 is 0 Å². The van der Waals surface area contributed by atoms with Crippen LogP contribution in [0.15, 0.2) is 42.6 Å². The van der Waals surface area contributed by atoms with Gasteiger partial charge in [0.05, 0.1) is 25.5 Å². The molecule has 1 aromatic carbocycles. The molecule has 1 aliphatic heterocycles. The van der Waals surface area contributed by atoms with E-state index in [-0.39, 0.29) is 0 Å². The molecule has 0 spiro atoms. The topological polar surface area (TPSA) is 56.1 Å². The number of benzene rings is 1. The first-order chi connectivity index (χ1) is 13.2. The predicted octanol–water partition coefficient (Wildman–Crippen LogP) is 2.96. The zero-order valence-electron chi connectivity index (χ0n) is 15.9. The monoisotopic (exact) mass is 363 g/mol. The molecule has 0 aliphatic carbocycles. The quantitative estimate of drug-likeness (QED) is 0.698. The Balaban J connectivity index is 1.49. The molecule has 0 unspecified atom stereocenters. The van der Waals surface area contributed by atoms with Gasteiger partial charge in [-0.3, -0.25) is 9.58 Å². The minimum atomic E-state index is 0.765. The molecule has 1 saturated heterocycles. The lowest BCUT2D eigenvalue weighted by Crippen LogP contribution is -2.38. The molecule has 3 heterocycles. The van der Waals surface area contributed by atoms with E-state index in [9.17, 15) is 0 Å². The summed E-state index contributed by atoms with van der Waals surface area (Å²) in [5.74, 6) is 0.765. The fraction of sp³-hybridized carbons (Fsp3) is 0.381. The number of rotatable bonds is 5. The summed E-state index contributed by atoms with van der Waals surface area (Å²) in [5, 5.41) is 4.75. The molecule has 0 atom stereocenters. The fourth-order valence-corrected chi connectivity index (χ4v) is 3.38. The highest BCUT2D eigenvalue weighted by Gasteiger charge is 2.11. The van der Waals surface area contributed by atoms with Crippen molar-refractivity contribution in [2.75, 3.05) is 32.8 Å². The van der Waals surface area contributed by atoms with Crippen LogP contribution in [0.4, 0.5) is 0 Å². The molecule has 0 bridgehead atoms. The first kappa shape index (κ1) is 17.8. The summed E-state index contributed by atoms with van der Waals surface area (Å²) >= 11 is 0. The van der Waals surface area contributed by atoms with E-state index in [1.54, 1.807) is 0 Å². The molecule has 6 nitrogen and oxygen atoms in total. The Labute approximate surface area is 159 Å². The van der Waals surface area contributed by atoms with Crippen molar-refractivity contribution in [3.63, 3.8) is 0 Å². The SMILES string of the molecule is Cc1cc(C)nc(-c2cccc(-c3ccn(CCN4CCOCC4)n3)c2)n1. The van der Waals surface area contributed by atoms with Gasteiger partial charge in [0.25, 0.3) is 0 Å². The minimum absolute atomic E-state index is 0.765. The van der Waals surface area contributed by atoms with Gasteiger partial charge < -0.3 is 4.74 Å². The molecular formula is C21H25N5O. The van der Waals surface area contributed by atoms with E-state index in [1.807, 2.05) is 36.7 Å². The van der Waals surface area contributed by atoms with Gasteiger partial charge in [-0.15, -0.1) is 0 Å². The Bertz CT molecular complexity index is 894. The van der Waals surface area contributed by atoms with Gasteiger partial charge in [0.1, 0.15) is 0 Å². The first-order valence-electron chi connectivity index (χ1n) is 9.44. The van der Waals surface area contributed by atoms with Gasteiger partial charge in [-0.2, -0.15) is 5.10 Å². The molecule has 0 amide bonds. The van der Waals surface area contributed by atoms with Gasteiger partial charge in [-0.05, 0) is 32.0 Å². The molecule has 6 heteroatoms. The maximum absolute atomic E-state index is 5.40. The highest BCUT2D eigenvalue weighted by molar-refractivity contribution is 5.67. The summed E-state index contributed by atoms with van der Waals surface area (Å²) in [7, 11) is 0. The smallest absolute Gasteiger partial charge is 0.159 e. The molecule has 4 rings (SSSR count). The van der Waals surface area contributed by atoms with Crippen LogP contribution in [-0.2, 0) is 11.3 Å². The third-order valence-electron chi connectivity index (χ3n) is 4.79. The van der Waals surface area contributed by atoms with Crippen LogP contribution in [0.1, 0.15) is 11.4 Å². The molecular weight excluding hydrogens is 338 g/mol. The highest BCUT2D eigenvalue weighted by Crippen LogP contribution is 2.23. The van der Waals surface area contributed by atoms with E-state index >= 15 is 0 Å². The summed E-state index contributed by atoms with van der Waals surface area (Å²) in [4.78, 5) is 11.6. The molecule has 1 fully saturated rings. The van der Waals surface area contributed by atoms with E-state index in [2.05, 4.69) is 39.3 Å². The van der Waals surface area contributed by atoms with Crippen molar-refractivity contribution in [1.29, 1.82) is 0 Å². The second-order valence-corrected chi connectivity index (χ2v) is 6.97. The summed E-state index contributed by atoms with van der Waals surface area (Å²) in [5.41, 5.74) is 5.04. The van der Waals surface area contributed by atoms with Crippen molar-refractivity contribution >= 4 is 0 Å². The average molecular weight is 363 g/mol. The van der Waals surface area contributed by atoms with E-state index in [0.29, 0.717) is 0 Å². The van der Waals surface area contributed by atoms with E-state index < -0.39 is 0 Å². The van der Waals surface area contributed by atoms with Gasteiger partial charge in [0.15, 0.2) is 5.82 Å². The standard InChI is InChI=1S/C21H25N5O/c1-16-14-17(2)23-21(22-16)19-5-3-4-18(15-19)20-6-7-26(24-20)9-8-25-10-12-27-13-11-25/h3-7,14-15H,8-13H2,1-2H3. The van der Waals surface area contributed by atoms with Gasteiger partial charge in [0, 0.05) is 48.3 Å². The van der Waals surface area contributed by atoms with Gasteiger partial charge in [-0.25, -0.2) is 9.97 Å². The third-order valence-corrected chi connectivity index (χ3v) is 4.79. The molecule has 2 aromatic heterocycles. The average Bonchev–Trinajstić information content (AvgIpc) is 3.16. The molecule has 0 saturated carbocycles. The number of nitrogens with zero attached hydrogens (tertiary/aromatic N) is 5. The van der Waals surface area contributed by atoms with Crippen LogP contribution in [-0.4, -0.2) is 57.5 Å². The maximum atomic E-state index is 5.40. The lowest BCUT2D eigenvalue weighted by atomic mass is 10.1. The minimum Gasteiger partial charge on any atom is -0.379 e. The largest absolute Gasteiger partial charge is 0.379 e. The molecule has 3 aromatic rings. The number of aryl methyl sites for hydroxylation is 2. The van der Waals surface area contributed by atoms with Crippen LogP contribution in [0.5, 0.6) is 0 Å². The lowest BCUT2D eigenvalue weighted by Gasteiger charge is -2.26. The predicted molar refractivity (Wildman–Crippen MR) is 105 cm³/mol. The van der Waals surface area contributed by atoms with E-state index in [1.165, 1.54) is 0 Å². The fourth-order valence-electron chi connectivity index (χ4n) is 3.38. The van der Waals surface area contributed by atoms with Crippen LogP contribution < -0.4 is 0 Å². The molecule has 0 N–H and O–H groups in total. The van der Waals surface area contributed by atoms with Crippen molar-refractivity contribution in [2.24, 2.45) is 0 Å². The normalized spacial score (nSPS) is 15.2. The number of ether oxygens (including phenoxy) is 1. The first-order valence-corrected chi connectivity index (χ1v) is 9.44. The Morgan fingerprint density at radius 3 is 2.44 bits per heavy atom. The van der Waals surface area contributed by atoms with E-state index in [4.69, 9.17) is 9.84 Å². The summed E-state index contributed by atoms with van der Waals surface area (Å²) in [6.07, 6.45) is 2.05. The number of hydrogen-bond acceptors (Lipinski definition) is 5. The summed E-state index contributed by atoms with van der Waals surface area (Å²) in [6, 6.07) is 12.3. The highest BCUT2D eigenvalue weighted by atomic mass is 16.5. The Morgan fingerprint density at radius 1 is 0.926 bits per heavy atom. The van der Waals surface area contributed by atoms with Crippen molar-refractivity contribution in [1.82, 2.24) is 24.6 Å². The van der Waals surface area contributed by atoms with Crippen molar-refractivity contribution in [2.45, 2.75) is 20.4 Å². The van der Waals surface area contributed by atoms with Crippen LogP contribution in [0.3, 0.4) is 0 Å². The van der Waals surface area contributed by atoms with Crippen molar-refractivity contribution in [3.8, 4) is 22.6 Å². The second kappa shape index (κ2) is 7.98. The zero-order chi connectivity index (χ0) is 18.6. The van der Waals surface area contributed by atoms with E-state index in [0.717, 1.165) is 73.4 Å². The van der Waals surface area contributed by atoms with Gasteiger partial charge in [-0.1, -0.05) is 18.2 Å².